The highest BCUT2D eigenvalue weighted by molar-refractivity contribution is 7.15. The van der Waals surface area contributed by atoms with E-state index < -0.39 is 6.61 Å². The third kappa shape index (κ3) is 3.73. The van der Waals surface area contributed by atoms with Gasteiger partial charge in [0.2, 0.25) is 0 Å². The molecule has 0 bridgehead atoms. The molecule has 0 aliphatic carbocycles. The molecule has 1 aliphatic heterocycles. The van der Waals surface area contributed by atoms with Crippen LogP contribution in [0.1, 0.15) is 34.4 Å². The van der Waals surface area contributed by atoms with Crippen molar-refractivity contribution < 1.29 is 23.1 Å². The van der Waals surface area contributed by atoms with Crippen LogP contribution in [0.4, 0.5) is 8.78 Å². The first-order chi connectivity index (χ1) is 13.5. The van der Waals surface area contributed by atoms with E-state index in [9.17, 15) is 18.4 Å². The lowest BCUT2D eigenvalue weighted by molar-refractivity contribution is -0.121. The molecule has 0 radical (unpaired) electrons. The van der Waals surface area contributed by atoms with Gasteiger partial charge in [-0.1, -0.05) is 0 Å². The van der Waals surface area contributed by atoms with Crippen molar-refractivity contribution >= 4 is 22.9 Å². The Bertz CT molecular complexity index is 1010. The van der Waals surface area contributed by atoms with Crippen molar-refractivity contribution in [2.24, 2.45) is 0 Å². The molecule has 0 amide bonds. The van der Waals surface area contributed by atoms with Crippen LogP contribution in [0.25, 0.3) is 10.4 Å². The molecule has 2 aromatic heterocycles. The van der Waals surface area contributed by atoms with Crippen molar-refractivity contribution in [1.82, 2.24) is 9.55 Å². The predicted molar refractivity (Wildman–Crippen MR) is 99.9 cm³/mol. The van der Waals surface area contributed by atoms with Gasteiger partial charge in [-0.05, 0) is 48.4 Å². The van der Waals surface area contributed by atoms with E-state index in [-0.39, 0.29) is 29.8 Å². The number of fused-ring (bicyclic) bond motifs is 1. The summed E-state index contributed by atoms with van der Waals surface area (Å²) in [4.78, 5) is 29.9. The number of ketones is 2. The van der Waals surface area contributed by atoms with Gasteiger partial charge in [-0.15, -0.1) is 11.3 Å². The summed E-state index contributed by atoms with van der Waals surface area (Å²) in [5, 5.41) is 0.679. The van der Waals surface area contributed by atoms with Crippen LogP contribution in [0.5, 0.6) is 5.75 Å². The molecule has 5 nitrogen and oxygen atoms in total. The summed E-state index contributed by atoms with van der Waals surface area (Å²) in [5.74, 6) is 0.171. The van der Waals surface area contributed by atoms with Crippen LogP contribution >= 0.6 is 11.3 Å². The number of nitrogens with zero attached hydrogens (tertiary/aromatic N) is 2. The number of carbonyl (C=O) groups is 2. The normalized spacial score (nSPS) is 16.2. The zero-order valence-corrected chi connectivity index (χ0v) is 15.5. The van der Waals surface area contributed by atoms with Gasteiger partial charge >= 0.3 is 6.61 Å². The van der Waals surface area contributed by atoms with Crippen LogP contribution in [0.15, 0.2) is 48.8 Å². The first kappa shape index (κ1) is 18.5. The smallest absolute Gasteiger partial charge is 0.387 e. The Hall–Kier alpha value is -2.87. The number of aromatic nitrogens is 2. The fraction of sp³-hybridized carbons (Fsp3) is 0.250. The van der Waals surface area contributed by atoms with Crippen LogP contribution in [-0.2, 0) is 11.2 Å². The second-order valence-corrected chi connectivity index (χ2v) is 7.56. The van der Waals surface area contributed by atoms with E-state index in [2.05, 4.69) is 9.72 Å². The second-order valence-electron chi connectivity index (χ2n) is 6.44. The lowest BCUT2D eigenvalue weighted by atomic mass is 9.97. The predicted octanol–water partition coefficient (Wildman–Crippen LogP) is 4.54. The van der Waals surface area contributed by atoms with E-state index in [1.807, 2.05) is 0 Å². The summed E-state index contributed by atoms with van der Waals surface area (Å²) in [7, 11) is 0. The minimum absolute atomic E-state index is 0.0199. The van der Waals surface area contributed by atoms with Gasteiger partial charge in [-0.3, -0.25) is 9.59 Å². The first-order valence-corrected chi connectivity index (χ1v) is 9.55. The topological polar surface area (TPSA) is 61.2 Å². The number of halogens is 2. The Morgan fingerprint density at radius 2 is 2.07 bits per heavy atom. The number of thiazole rings is 1. The molecule has 0 spiro atoms. The quantitative estimate of drug-likeness (QED) is 0.607. The average Bonchev–Trinajstić information content (AvgIpc) is 3.32. The SMILES string of the molecule is O=C1CCC(C(=O)Cc2ncc(-c3ccc(OC(F)F)cc3)s2)n2cccc21. The third-order valence-corrected chi connectivity index (χ3v) is 5.71. The maximum Gasteiger partial charge on any atom is 0.387 e. The van der Waals surface area contributed by atoms with E-state index in [1.54, 1.807) is 41.2 Å². The number of hydrogen-bond acceptors (Lipinski definition) is 5. The number of hydrogen-bond donors (Lipinski definition) is 0. The van der Waals surface area contributed by atoms with E-state index in [4.69, 9.17) is 0 Å². The molecule has 0 saturated heterocycles. The molecule has 1 aromatic carbocycles. The van der Waals surface area contributed by atoms with E-state index in [0.29, 0.717) is 23.5 Å². The van der Waals surface area contributed by atoms with E-state index in [0.717, 1.165) is 10.4 Å². The fourth-order valence-corrected chi connectivity index (χ4v) is 4.28. The summed E-state index contributed by atoms with van der Waals surface area (Å²) in [5.41, 5.74) is 1.39. The van der Waals surface area contributed by atoms with Gasteiger partial charge in [-0.2, -0.15) is 8.78 Å². The van der Waals surface area contributed by atoms with E-state index >= 15 is 0 Å². The molecule has 1 atom stereocenters. The van der Waals surface area contributed by atoms with Crippen molar-refractivity contribution in [2.45, 2.75) is 31.9 Å². The number of ether oxygens (including phenoxy) is 1. The molecule has 1 aliphatic rings. The molecule has 3 heterocycles. The summed E-state index contributed by atoms with van der Waals surface area (Å²) in [6.07, 6.45) is 4.50. The van der Waals surface area contributed by atoms with Crippen LogP contribution in [0.2, 0.25) is 0 Å². The van der Waals surface area contributed by atoms with Gasteiger partial charge in [0, 0.05) is 18.8 Å². The minimum Gasteiger partial charge on any atom is -0.435 e. The molecule has 144 valence electrons. The van der Waals surface area contributed by atoms with Crippen molar-refractivity contribution in [3.63, 3.8) is 0 Å². The summed E-state index contributed by atoms with van der Waals surface area (Å²) in [6, 6.07) is 9.47. The Morgan fingerprint density at radius 3 is 2.82 bits per heavy atom. The summed E-state index contributed by atoms with van der Waals surface area (Å²) in [6.45, 7) is -2.86. The number of benzene rings is 1. The number of carbonyl (C=O) groups excluding carboxylic acids is 2. The molecule has 0 N–H and O–H groups in total. The van der Waals surface area contributed by atoms with Gasteiger partial charge in [0.05, 0.1) is 23.0 Å². The molecule has 8 heteroatoms. The largest absolute Gasteiger partial charge is 0.435 e. The van der Waals surface area contributed by atoms with Gasteiger partial charge in [0.25, 0.3) is 0 Å². The molecule has 0 fully saturated rings. The molecule has 28 heavy (non-hydrogen) atoms. The molecular formula is C20H16F2N2O3S. The van der Waals surface area contributed by atoms with Crippen LogP contribution in [-0.4, -0.2) is 27.7 Å². The van der Waals surface area contributed by atoms with Gasteiger partial charge in [0.15, 0.2) is 11.6 Å². The number of rotatable bonds is 6. The van der Waals surface area contributed by atoms with Crippen molar-refractivity contribution in [3.05, 3.63) is 59.5 Å². The molecule has 4 rings (SSSR count). The van der Waals surface area contributed by atoms with Crippen molar-refractivity contribution in [2.75, 3.05) is 0 Å². The zero-order chi connectivity index (χ0) is 19.7. The van der Waals surface area contributed by atoms with E-state index in [1.165, 1.54) is 23.5 Å². The zero-order valence-electron chi connectivity index (χ0n) is 14.7. The monoisotopic (exact) mass is 402 g/mol. The Balaban J connectivity index is 1.46. The van der Waals surface area contributed by atoms with Crippen LogP contribution in [0.3, 0.4) is 0 Å². The van der Waals surface area contributed by atoms with Gasteiger partial charge in [0.1, 0.15) is 10.8 Å². The standard InChI is InChI=1S/C20H16F2N2O3S/c21-20(22)27-13-5-3-12(4-6-13)18-11-23-19(28-18)10-17(26)15-7-8-16(25)14-2-1-9-24(14)15/h1-6,9,11,15,20H,7-8,10H2. The highest BCUT2D eigenvalue weighted by Gasteiger charge is 2.29. The highest BCUT2D eigenvalue weighted by atomic mass is 32.1. The number of Topliss-reactive ketones (excluding diaryl/α,β-unsaturated/α-hetero) is 2. The minimum atomic E-state index is -2.86. The third-order valence-electron chi connectivity index (χ3n) is 4.66. The van der Waals surface area contributed by atoms with Crippen LogP contribution < -0.4 is 4.74 Å². The van der Waals surface area contributed by atoms with Crippen LogP contribution in [0, 0.1) is 0 Å². The lowest BCUT2D eigenvalue weighted by Gasteiger charge is -2.24. The molecular weight excluding hydrogens is 386 g/mol. The summed E-state index contributed by atoms with van der Waals surface area (Å²) >= 11 is 1.38. The molecule has 0 saturated carbocycles. The maximum atomic E-state index is 12.8. The van der Waals surface area contributed by atoms with Crippen molar-refractivity contribution in [1.29, 1.82) is 0 Å². The Labute approximate surface area is 163 Å². The maximum absolute atomic E-state index is 12.8. The summed E-state index contributed by atoms with van der Waals surface area (Å²) < 4.78 is 30.6. The average molecular weight is 402 g/mol. The number of alkyl halides is 2. The molecule has 3 aromatic rings. The second kappa shape index (κ2) is 7.63. The lowest BCUT2D eigenvalue weighted by Crippen LogP contribution is -2.28. The first-order valence-electron chi connectivity index (χ1n) is 8.74. The Kier molecular flexibility index (Phi) is 5.04. The van der Waals surface area contributed by atoms with Gasteiger partial charge in [-0.25, -0.2) is 4.98 Å². The van der Waals surface area contributed by atoms with Gasteiger partial charge < -0.3 is 9.30 Å². The fourth-order valence-electron chi connectivity index (χ4n) is 3.35. The highest BCUT2D eigenvalue weighted by Crippen LogP contribution is 2.31. The van der Waals surface area contributed by atoms with Crippen molar-refractivity contribution in [3.8, 4) is 16.2 Å². The Morgan fingerprint density at radius 1 is 1.29 bits per heavy atom. The molecule has 1 unspecified atom stereocenters.